The predicted molar refractivity (Wildman–Crippen MR) is 110 cm³/mol. The number of thioether (sulfide) groups is 1. The van der Waals surface area contributed by atoms with E-state index in [1.165, 1.54) is 10.5 Å². The first kappa shape index (κ1) is 22.0. The van der Waals surface area contributed by atoms with E-state index in [1.807, 2.05) is 20.8 Å². The Morgan fingerprint density at radius 1 is 1.17 bits per heavy atom. The number of amides is 1. The zero-order chi connectivity index (χ0) is 16.6. The zero-order valence-corrected chi connectivity index (χ0v) is 17.5. The molecule has 7 heteroatoms. The van der Waals surface area contributed by atoms with Crippen molar-refractivity contribution in [1.82, 2.24) is 16.0 Å². The Labute approximate surface area is 160 Å². The standard InChI is InChI=1S/C16H26N4OS.HI/c1-16(2,3)20-14(21)11-19-15(17-4)18-10-12-6-8-13(22-5)9-7-12;/h6-9H,10-11H2,1-5H3,(H,20,21)(H2,17,18,19);1H. The van der Waals surface area contributed by atoms with Crippen LogP contribution in [0.15, 0.2) is 34.2 Å². The molecular formula is C16H27IN4OS. The second-order valence-corrected chi connectivity index (χ2v) is 6.81. The Bertz CT molecular complexity index is 512. The minimum Gasteiger partial charge on any atom is -0.352 e. The molecule has 130 valence electrons. The Kier molecular flexibility index (Phi) is 10.3. The molecule has 0 saturated carbocycles. The highest BCUT2D eigenvalue weighted by Gasteiger charge is 2.13. The van der Waals surface area contributed by atoms with Crippen LogP contribution in [0.1, 0.15) is 26.3 Å². The number of hydrogen-bond donors (Lipinski definition) is 3. The van der Waals surface area contributed by atoms with Gasteiger partial charge in [-0.15, -0.1) is 35.7 Å². The molecule has 1 aromatic rings. The first-order chi connectivity index (χ1) is 10.3. The number of hydrogen-bond acceptors (Lipinski definition) is 3. The molecule has 5 nitrogen and oxygen atoms in total. The average Bonchev–Trinajstić information content (AvgIpc) is 2.46. The number of nitrogens with one attached hydrogen (secondary N) is 3. The van der Waals surface area contributed by atoms with Crippen LogP contribution in [0.4, 0.5) is 0 Å². The summed E-state index contributed by atoms with van der Waals surface area (Å²) in [4.78, 5) is 17.1. The fraction of sp³-hybridized carbons (Fsp3) is 0.500. The molecule has 0 atom stereocenters. The van der Waals surface area contributed by atoms with E-state index in [1.54, 1.807) is 18.8 Å². The van der Waals surface area contributed by atoms with Gasteiger partial charge in [-0.3, -0.25) is 9.79 Å². The van der Waals surface area contributed by atoms with E-state index in [-0.39, 0.29) is 42.0 Å². The molecule has 0 radical (unpaired) electrons. The highest BCUT2D eigenvalue weighted by Crippen LogP contribution is 2.14. The van der Waals surface area contributed by atoms with Crippen LogP contribution in [0.3, 0.4) is 0 Å². The summed E-state index contributed by atoms with van der Waals surface area (Å²) in [6, 6.07) is 8.35. The van der Waals surface area contributed by atoms with Gasteiger partial charge in [0.2, 0.25) is 5.91 Å². The quantitative estimate of drug-likeness (QED) is 0.279. The lowest BCUT2D eigenvalue weighted by Crippen LogP contribution is -2.48. The lowest BCUT2D eigenvalue weighted by atomic mass is 10.1. The number of benzene rings is 1. The van der Waals surface area contributed by atoms with Gasteiger partial charge in [0, 0.05) is 24.0 Å². The van der Waals surface area contributed by atoms with Gasteiger partial charge in [0.05, 0.1) is 6.54 Å². The number of halogens is 1. The van der Waals surface area contributed by atoms with Crippen molar-refractivity contribution in [2.45, 2.75) is 37.8 Å². The number of aliphatic imine (C=N–C) groups is 1. The molecule has 0 fully saturated rings. The number of carbonyl (C=O) groups excluding carboxylic acids is 1. The van der Waals surface area contributed by atoms with Gasteiger partial charge in [0.1, 0.15) is 0 Å². The molecule has 0 aliphatic heterocycles. The van der Waals surface area contributed by atoms with Crippen LogP contribution >= 0.6 is 35.7 Å². The van der Waals surface area contributed by atoms with Crippen molar-refractivity contribution >= 4 is 47.6 Å². The lowest BCUT2D eigenvalue weighted by molar-refractivity contribution is -0.121. The third-order valence-corrected chi connectivity index (χ3v) is 3.52. The van der Waals surface area contributed by atoms with Crippen molar-refractivity contribution in [2.24, 2.45) is 4.99 Å². The van der Waals surface area contributed by atoms with Crippen LogP contribution in [-0.2, 0) is 11.3 Å². The molecule has 0 aliphatic rings. The molecule has 0 aliphatic carbocycles. The van der Waals surface area contributed by atoms with Crippen molar-refractivity contribution in [1.29, 1.82) is 0 Å². The maximum atomic E-state index is 11.8. The number of guanidine groups is 1. The highest BCUT2D eigenvalue weighted by atomic mass is 127. The first-order valence-corrected chi connectivity index (χ1v) is 8.45. The Hall–Kier alpha value is -0.960. The van der Waals surface area contributed by atoms with Crippen LogP contribution in [0.5, 0.6) is 0 Å². The maximum absolute atomic E-state index is 11.8. The Morgan fingerprint density at radius 2 is 1.78 bits per heavy atom. The van der Waals surface area contributed by atoms with Crippen molar-refractivity contribution in [3.63, 3.8) is 0 Å². The SMILES string of the molecule is CN=C(NCC(=O)NC(C)(C)C)NCc1ccc(SC)cc1.I. The zero-order valence-electron chi connectivity index (χ0n) is 14.4. The second-order valence-electron chi connectivity index (χ2n) is 5.93. The molecule has 0 heterocycles. The van der Waals surface area contributed by atoms with Gasteiger partial charge >= 0.3 is 0 Å². The van der Waals surface area contributed by atoms with Gasteiger partial charge in [-0.2, -0.15) is 0 Å². The molecule has 3 N–H and O–H groups in total. The van der Waals surface area contributed by atoms with Crippen LogP contribution in [-0.4, -0.2) is 37.3 Å². The molecule has 0 bridgehead atoms. The van der Waals surface area contributed by atoms with E-state index in [4.69, 9.17) is 0 Å². The van der Waals surface area contributed by atoms with E-state index in [2.05, 4.69) is 51.5 Å². The van der Waals surface area contributed by atoms with E-state index < -0.39 is 0 Å². The average molecular weight is 450 g/mol. The van der Waals surface area contributed by atoms with E-state index in [9.17, 15) is 4.79 Å². The topological polar surface area (TPSA) is 65.5 Å². The van der Waals surface area contributed by atoms with Gasteiger partial charge < -0.3 is 16.0 Å². The summed E-state index contributed by atoms with van der Waals surface area (Å²) in [5.41, 5.74) is 0.939. The third kappa shape index (κ3) is 9.70. The predicted octanol–water partition coefficient (Wildman–Crippen LogP) is 2.61. The largest absolute Gasteiger partial charge is 0.352 e. The highest BCUT2D eigenvalue weighted by molar-refractivity contribution is 14.0. The summed E-state index contributed by atoms with van der Waals surface area (Å²) in [7, 11) is 1.69. The number of carbonyl (C=O) groups is 1. The summed E-state index contributed by atoms with van der Waals surface area (Å²) in [6.07, 6.45) is 2.06. The van der Waals surface area contributed by atoms with E-state index in [0.29, 0.717) is 12.5 Å². The Balaban J connectivity index is 0.00000484. The molecule has 0 saturated heterocycles. The molecule has 0 spiro atoms. The molecule has 1 amide bonds. The van der Waals surface area contributed by atoms with Crippen LogP contribution < -0.4 is 16.0 Å². The fourth-order valence-corrected chi connectivity index (χ4v) is 2.18. The summed E-state index contributed by atoms with van der Waals surface area (Å²) >= 11 is 1.72. The van der Waals surface area contributed by atoms with Crippen LogP contribution in [0, 0.1) is 0 Å². The number of nitrogens with zero attached hydrogens (tertiary/aromatic N) is 1. The van der Waals surface area contributed by atoms with Gasteiger partial charge in [-0.25, -0.2) is 0 Å². The molecule has 1 aromatic carbocycles. The summed E-state index contributed by atoms with van der Waals surface area (Å²) < 4.78 is 0. The van der Waals surface area contributed by atoms with Crippen molar-refractivity contribution in [3.8, 4) is 0 Å². The minimum absolute atomic E-state index is 0. The molecule has 0 unspecified atom stereocenters. The molecule has 0 aromatic heterocycles. The van der Waals surface area contributed by atoms with Gasteiger partial charge in [0.15, 0.2) is 5.96 Å². The van der Waals surface area contributed by atoms with Crippen LogP contribution in [0.25, 0.3) is 0 Å². The van der Waals surface area contributed by atoms with Gasteiger partial charge in [-0.05, 0) is 44.7 Å². The molecule has 1 rings (SSSR count). The minimum atomic E-state index is -0.227. The fourth-order valence-electron chi connectivity index (χ4n) is 1.78. The van der Waals surface area contributed by atoms with Gasteiger partial charge in [-0.1, -0.05) is 12.1 Å². The monoisotopic (exact) mass is 450 g/mol. The first-order valence-electron chi connectivity index (χ1n) is 7.22. The Morgan fingerprint density at radius 3 is 2.26 bits per heavy atom. The number of rotatable bonds is 5. The summed E-state index contributed by atoms with van der Waals surface area (Å²) in [5, 5.41) is 9.10. The van der Waals surface area contributed by atoms with Crippen molar-refractivity contribution < 1.29 is 4.79 Å². The normalized spacial score (nSPS) is 11.4. The molecular weight excluding hydrogens is 423 g/mol. The van der Waals surface area contributed by atoms with Crippen molar-refractivity contribution in [2.75, 3.05) is 19.8 Å². The van der Waals surface area contributed by atoms with Crippen molar-refractivity contribution in [3.05, 3.63) is 29.8 Å². The van der Waals surface area contributed by atoms with Crippen LogP contribution in [0.2, 0.25) is 0 Å². The lowest BCUT2D eigenvalue weighted by Gasteiger charge is -2.21. The maximum Gasteiger partial charge on any atom is 0.239 e. The smallest absolute Gasteiger partial charge is 0.239 e. The third-order valence-electron chi connectivity index (χ3n) is 2.77. The molecule has 23 heavy (non-hydrogen) atoms. The second kappa shape index (κ2) is 10.7. The van der Waals surface area contributed by atoms with Gasteiger partial charge in [0.25, 0.3) is 0 Å². The summed E-state index contributed by atoms with van der Waals surface area (Å²) in [6.45, 7) is 6.72. The van der Waals surface area contributed by atoms with E-state index >= 15 is 0 Å². The van der Waals surface area contributed by atoms with E-state index in [0.717, 1.165) is 0 Å². The summed E-state index contributed by atoms with van der Waals surface area (Å²) in [5.74, 6) is 0.553.